The molecule has 8 nitrogen and oxygen atoms in total. The third-order valence-electron chi connectivity index (χ3n) is 4.58. The van der Waals surface area contributed by atoms with E-state index in [-0.39, 0.29) is 34.8 Å². The molecule has 2 unspecified atom stereocenters. The molecule has 2 atom stereocenters. The molecule has 0 heterocycles. The summed E-state index contributed by atoms with van der Waals surface area (Å²) in [6.45, 7) is -0.314. The van der Waals surface area contributed by atoms with Gasteiger partial charge in [-0.05, 0) is 60.1 Å². The molecule has 0 amide bonds. The standard InChI is InChI=1S/C18H22O8S2/c19-11-9-17(13-1-5-15(6-2-13)27(21,22)23)18(10-12-20)14-3-7-16(8-4-14)28(24,25)26/h1-8,17-20H,9-12H2,(H,21,22,23)(H,24,25,26). The van der Waals surface area contributed by atoms with Crippen LogP contribution < -0.4 is 0 Å². The quantitative estimate of drug-likeness (QED) is 0.440. The summed E-state index contributed by atoms with van der Waals surface area (Å²) in [4.78, 5) is -0.509. The van der Waals surface area contributed by atoms with Gasteiger partial charge < -0.3 is 10.2 Å². The van der Waals surface area contributed by atoms with Crippen LogP contribution in [0.15, 0.2) is 58.3 Å². The Bertz CT molecular complexity index is 897. The van der Waals surface area contributed by atoms with Gasteiger partial charge in [-0.25, -0.2) is 0 Å². The van der Waals surface area contributed by atoms with Gasteiger partial charge in [0.05, 0.1) is 9.79 Å². The van der Waals surface area contributed by atoms with E-state index in [1.807, 2.05) is 0 Å². The Morgan fingerprint density at radius 1 is 0.607 bits per heavy atom. The second-order valence-electron chi connectivity index (χ2n) is 6.33. The zero-order valence-corrected chi connectivity index (χ0v) is 16.5. The van der Waals surface area contributed by atoms with Crippen molar-refractivity contribution < 1.29 is 36.2 Å². The molecule has 0 fully saturated rings. The topological polar surface area (TPSA) is 149 Å². The minimum atomic E-state index is -4.33. The maximum absolute atomic E-state index is 11.2. The second kappa shape index (κ2) is 9.12. The molecule has 0 radical (unpaired) electrons. The Morgan fingerprint density at radius 3 is 1.11 bits per heavy atom. The van der Waals surface area contributed by atoms with Gasteiger partial charge in [0, 0.05) is 13.2 Å². The molecule has 0 aromatic heterocycles. The number of aliphatic hydroxyl groups is 2. The molecule has 4 N–H and O–H groups in total. The predicted molar refractivity (Wildman–Crippen MR) is 101 cm³/mol. The van der Waals surface area contributed by atoms with Crippen LogP contribution in [0.5, 0.6) is 0 Å². The van der Waals surface area contributed by atoms with Gasteiger partial charge in [-0.3, -0.25) is 9.11 Å². The highest BCUT2D eigenvalue weighted by molar-refractivity contribution is 7.86. The van der Waals surface area contributed by atoms with Crippen molar-refractivity contribution in [3.8, 4) is 0 Å². The zero-order valence-electron chi connectivity index (χ0n) is 14.8. The van der Waals surface area contributed by atoms with Crippen LogP contribution in [0.25, 0.3) is 0 Å². The van der Waals surface area contributed by atoms with Crippen molar-refractivity contribution in [2.24, 2.45) is 0 Å². The van der Waals surface area contributed by atoms with E-state index in [2.05, 4.69) is 0 Å². The molecule has 0 saturated carbocycles. The maximum Gasteiger partial charge on any atom is 0.294 e. The van der Waals surface area contributed by atoms with Crippen molar-refractivity contribution in [1.29, 1.82) is 0 Å². The molecule has 0 aliphatic carbocycles. The normalized spacial score (nSPS) is 14.6. The zero-order chi connectivity index (χ0) is 20.9. The van der Waals surface area contributed by atoms with Gasteiger partial charge in [-0.1, -0.05) is 24.3 Å². The fraction of sp³-hybridized carbons (Fsp3) is 0.333. The van der Waals surface area contributed by atoms with Gasteiger partial charge in [0.2, 0.25) is 0 Å². The van der Waals surface area contributed by atoms with Crippen molar-refractivity contribution in [1.82, 2.24) is 0 Å². The van der Waals surface area contributed by atoms with Gasteiger partial charge in [-0.15, -0.1) is 0 Å². The smallest absolute Gasteiger partial charge is 0.294 e. The highest BCUT2D eigenvalue weighted by Gasteiger charge is 2.25. The Kier molecular flexibility index (Phi) is 7.32. The molecular formula is C18H22O8S2. The molecule has 2 rings (SSSR count). The Balaban J connectivity index is 2.44. The molecule has 0 saturated heterocycles. The molecular weight excluding hydrogens is 408 g/mol. The summed E-state index contributed by atoms with van der Waals surface area (Å²) in [6.07, 6.45) is 0.631. The molecule has 10 heteroatoms. The lowest BCUT2D eigenvalue weighted by Crippen LogP contribution is -2.15. The van der Waals surface area contributed by atoms with Crippen LogP contribution in [-0.2, 0) is 20.2 Å². The Hall–Kier alpha value is -1.82. The summed E-state index contributed by atoms with van der Waals surface area (Å²) >= 11 is 0. The summed E-state index contributed by atoms with van der Waals surface area (Å²) < 4.78 is 63.1. The van der Waals surface area contributed by atoms with Crippen molar-refractivity contribution in [2.75, 3.05) is 13.2 Å². The lowest BCUT2D eigenvalue weighted by atomic mass is 9.78. The fourth-order valence-corrected chi connectivity index (χ4v) is 4.21. The first kappa shape index (κ1) is 22.5. The molecule has 0 bridgehead atoms. The summed E-state index contributed by atoms with van der Waals surface area (Å²) in [5.74, 6) is -0.603. The third-order valence-corrected chi connectivity index (χ3v) is 6.31. The van der Waals surface area contributed by atoms with Gasteiger partial charge in [0.25, 0.3) is 20.2 Å². The number of hydrogen-bond acceptors (Lipinski definition) is 6. The summed E-state index contributed by atoms with van der Waals surface area (Å²) in [5, 5.41) is 19.0. The number of benzene rings is 2. The molecule has 28 heavy (non-hydrogen) atoms. The van der Waals surface area contributed by atoms with Crippen LogP contribution in [0.2, 0.25) is 0 Å². The van der Waals surface area contributed by atoms with E-state index < -0.39 is 20.2 Å². The van der Waals surface area contributed by atoms with E-state index in [0.29, 0.717) is 24.0 Å². The van der Waals surface area contributed by atoms with Gasteiger partial charge in [0.1, 0.15) is 0 Å². The van der Waals surface area contributed by atoms with Crippen molar-refractivity contribution in [2.45, 2.75) is 34.5 Å². The minimum absolute atomic E-state index is 0.157. The van der Waals surface area contributed by atoms with Gasteiger partial charge in [-0.2, -0.15) is 16.8 Å². The first-order valence-corrected chi connectivity index (χ1v) is 11.3. The third kappa shape index (κ3) is 5.60. The molecule has 2 aromatic rings. The first-order chi connectivity index (χ1) is 13.1. The van der Waals surface area contributed by atoms with Crippen LogP contribution in [-0.4, -0.2) is 49.4 Å². The van der Waals surface area contributed by atoms with E-state index in [4.69, 9.17) is 9.11 Å². The van der Waals surface area contributed by atoms with E-state index in [0.717, 1.165) is 0 Å². The molecule has 0 aliphatic rings. The maximum atomic E-state index is 11.2. The second-order valence-corrected chi connectivity index (χ2v) is 9.17. The largest absolute Gasteiger partial charge is 0.396 e. The molecule has 2 aromatic carbocycles. The average molecular weight is 431 g/mol. The molecule has 0 spiro atoms. The van der Waals surface area contributed by atoms with Crippen LogP contribution in [0.1, 0.15) is 35.8 Å². The SMILES string of the molecule is O=S(=O)(O)c1ccc(C(CCO)C(CCO)c2ccc(S(=O)(=O)O)cc2)cc1. The van der Waals surface area contributed by atoms with Crippen LogP contribution in [0.4, 0.5) is 0 Å². The number of rotatable bonds is 9. The lowest BCUT2D eigenvalue weighted by molar-refractivity contribution is 0.240. The monoisotopic (exact) mass is 430 g/mol. The van der Waals surface area contributed by atoms with Gasteiger partial charge >= 0.3 is 0 Å². The summed E-state index contributed by atoms with van der Waals surface area (Å²) in [7, 11) is -8.66. The fourth-order valence-electron chi connectivity index (χ4n) is 3.25. The van der Waals surface area contributed by atoms with Crippen LogP contribution in [0, 0.1) is 0 Å². The molecule has 154 valence electrons. The van der Waals surface area contributed by atoms with Crippen LogP contribution >= 0.6 is 0 Å². The average Bonchev–Trinajstić information content (AvgIpc) is 2.63. The Morgan fingerprint density at radius 2 is 0.893 bits per heavy atom. The number of aliphatic hydroxyl groups excluding tert-OH is 2. The highest BCUT2D eigenvalue weighted by Crippen LogP contribution is 2.38. The summed E-state index contributed by atoms with van der Waals surface area (Å²) in [6, 6.07) is 11.1. The van der Waals surface area contributed by atoms with E-state index in [9.17, 15) is 27.0 Å². The molecule has 0 aliphatic heterocycles. The highest BCUT2D eigenvalue weighted by atomic mass is 32.2. The van der Waals surface area contributed by atoms with Gasteiger partial charge in [0.15, 0.2) is 0 Å². The van der Waals surface area contributed by atoms with E-state index in [1.165, 1.54) is 48.5 Å². The summed E-state index contributed by atoms with van der Waals surface area (Å²) in [5.41, 5.74) is 1.39. The van der Waals surface area contributed by atoms with Crippen LogP contribution in [0.3, 0.4) is 0 Å². The van der Waals surface area contributed by atoms with E-state index >= 15 is 0 Å². The minimum Gasteiger partial charge on any atom is -0.396 e. The van der Waals surface area contributed by atoms with Crippen molar-refractivity contribution in [3.63, 3.8) is 0 Å². The lowest BCUT2D eigenvalue weighted by Gasteiger charge is -2.27. The number of hydrogen-bond donors (Lipinski definition) is 4. The van der Waals surface area contributed by atoms with Crippen molar-refractivity contribution in [3.05, 3.63) is 59.7 Å². The van der Waals surface area contributed by atoms with Crippen molar-refractivity contribution >= 4 is 20.2 Å². The predicted octanol–water partition coefficient (Wildman–Crippen LogP) is 1.81. The van der Waals surface area contributed by atoms with E-state index in [1.54, 1.807) is 0 Å². The Labute approximate surface area is 164 Å². The first-order valence-electron chi connectivity index (χ1n) is 8.44.